The number of aryl methyl sites for hydroxylation is 1. The molecule has 0 saturated heterocycles. The Morgan fingerprint density at radius 3 is 2.73 bits per heavy atom. The van der Waals surface area contributed by atoms with Gasteiger partial charge in [0, 0.05) is 30.9 Å². The second-order valence-corrected chi connectivity index (χ2v) is 6.80. The predicted molar refractivity (Wildman–Crippen MR) is 113 cm³/mol. The number of benzene rings is 2. The fraction of sp³-hybridized carbons (Fsp3) is 0.391. The molecule has 0 aliphatic rings. The number of nitrogens with one attached hydrogen (secondary N) is 2. The van der Waals surface area contributed by atoms with Crippen LogP contribution in [0.2, 0.25) is 0 Å². The van der Waals surface area contributed by atoms with Crippen molar-refractivity contribution in [1.29, 1.82) is 0 Å². The van der Waals surface area contributed by atoms with E-state index in [2.05, 4.69) is 68.3 Å². The predicted octanol–water partition coefficient (Wildman–Crippen LogP) is 5.26. The van der Waals surface area contributed by atoms with Gasteiger partial charge in [0.25, 0.3) is 0 Å². The van der Waals surface area contributed by atoms with E-state index in [4.69, 9.17) is 4.74 Å². The summed E-state index contributed by atoms with van der Waals surface area (Å²) >= 11 is 0. The van der Waals surface area contributed by atoms with Crippen LogP contribution in [0.5, 0.6) is 5.75 Å². The van der Waals surface area contributed by atoms with Crippen molar-refractivity contribution in [2.75, 3.05) is 25.5 Å². The van der Waals surface area contributed by atoms with E-state index in [1.54, 1.807) is 0 Å². The van der Waals surface area contributed by atoms with Crippen LogP contribution in [0.15, 0.2) is 49.0 Å². The van der Waals surface area contributed by atoms with Crippen LogP contribution in [0.4, 0.5) is 5.69 Å². The van der Waals surface area contributed by atoms with Crippen molar-refractivity contribution in [3.05, 3.63) is 65.7 Å². The fourth-order valence-electron chi connectivity index (χ4n) is 3.06. The Bertz CT molecular complexity index is 724. The van der Waals surface area contributed by atoms with Gasteiger partial charge in [0.05, 0.1) is 0 Å². The van der Waals surface area contributed by atoms with Gasteiger partial charge < -0.3 is 15.4 Å². The molecule has 0 saturated carbocycles. The van der Waals surface area contributed by atoms with Gasteiger partial charge in [-0.25, -0.2) is 0 Å². The van der Waals surface area contributed by atoms with Gasteiger partial charge in [-0.3, -0.25) is 0 Å². The molecule has 2 N–H and O–H groups in total. The molecule has 0 aliphatic carbocycles. The molecule has 0 bridgehead atoms. The van der Waals surface area contributed by atoms with Gasteiger partial charge in [0.15, 0.2) is 0 Å². The average Bonchev–Trinajstić information content (AvgIpc) is 2.65. The summed E-state index contributed by atoms with van der Waals surface area (Å²) < 4.78 is 5.92. The molecule has 0 aromatic heterocycles. The number of anilines is 1. The van der Waals surface area contributed by atoms with Crippen molar-refractivity contribution in [2.45, 2.75) is 39.7 Å². The summed E-state index contributed by atoms with van der Waals surface area (Å²) in [6.45, 7) is 12.4. The van der Waals surface area contributed by atoms with Crippen LogP contribution in [0.25, 0.3) is 5.57 Å². The quantitative estimate of drug-likeness (QED) is 0.573. The van der Waals surface area contributed by atoms with Crippen LogP contribution < -0.4 is 15.4 Å². The minimum absolute atomic E-state index is 0.538. The number of rotatable bonds is 10. The van der Waals surface area contributed by atoms with E-state index in [1.807, 2.05) is 19.2 Å². The van der Waals surface area contributed by atoms with E-state index in [0.717, 1.165) is 34.7 Å². The lowest BCUT2D eigenvalue weighted by Gasteiger charge is -2.15. The molecule has 1 atom stereocenters. The lowest BCUT2D eigenvalue weighted by molar-refractivity contribution is 0.305. The Kier molecular flexibility index (Phi) is 7.73. The Hall–Kier alpha value is -2.26. The molecular weight excluding hydrogens is 320 g/mol. The number of hydrogen-bond acceptors (Lipinski definition) is 3. The van der Waals surface area contributed by atoms with E-state index in [0.29, 0.717) is 12.6 Å². The molecule has 0 heterocycles. The molecule has 0 aliphatic heterocycles. The molecule has 0 amide bonds. The van der Waals surface area contributed by atoms with Crippen molar-refractivity contribution < 1.29 is 4.74 Å². The van der Waals surface area contributed by atoms with Gasteiger partial charge in [-0.1, -0.05) is 43.7 Å². The summed E-state index contributed by atoms with van der Waals surface area (Å²) in [5, 5.41) is 6.74. The molecule has 0 fully saturated rings. The Morgan fingerprint density at radius 1 is 1.19 bits per heavy atom. The molecule has 2 rings (SSSR count). The molecule has 26 heavy (non-hydrogen) atoms. The standard InChI is InChI=1S/C23H32N2O/c1-6-8-18(3)25-13-14-26-21-10-7-9-20(16-21)19(4)22-15-17(2)11-12-23(22)24-5/h7,9-12,15-16,18,24-25H,4,6,8,13-14H2,1-3,5H3. The van der Waals surface area contributed by atoms with Crippen LogP contribution in [-0.4, -0.2) is 26.2 Å². The Labute approximate surface area is 158 Å². The topological polar surface area (TPSA) is 33.3 Å². The summed E-state index contributed by atoms with van der Waals surface area (Å²) in [6.07, 6.45) is 2.40. The van der Waals surface area contributed by atoms with Crippen LogP contribution in [0.3, 0.4) is 0 Å². The molecule has 2 aromatic carbocycles. The molecule has 3 nitrogen and oxygen atoms in total. The Morgan fingerprint density at radius 2 is 2.00 bits per heavy atom. The maximum absolute atomic E-state index is 5.92. The van der Waals surface area contributed by atoms with E-state index in [1.165, 1.54) is 18.4 Å². The van der Waals surface area contributed by atoms with Gasteiger partial charge in [-0.05, 0) is 55.7 Å². The van der Waals surface area contributed by atoms with Gasteiger partial charge in [0.1, 0.15) is 12.4 Å². The molecule has 3 heteroatoms. The largest absolute Gasteiger partial charge is 0.492 e. The third-order valence-electron chi connectivity index (χ3n) is 4.54. The van der Waals surface area contributed by atoms with Gasteiger partial charge in [-0.2, -0.15) is 0 Å². The van der Waals surface area contributed by atoms with E-state index in [-0.39, 0.29) is 0 Å². The van der Waals surface area contributed by atoms with E-state index >= 15 is 0 Å². The van der Waals surface area contributed by atoms with Crippen molar-refractivity contribution in [1.82, 2.24) is 5.32 Å². The zero-order chi connectivity index (χ0) is 18.9. The van der Waals surface area contributed by atoms with Gasteiger partial charge in [0.2, 0.25) is 0 Å². The Balaban J connectivity index is 2.02. The highest BCUT2D eigenvalue weighted by Crippen LogP contribution is 2.30. The number of ether oxygens (including phenoxy) is 1. The van der Waals surface area contributed by atoms with E-state index < -0.39 is 0 Å². The summed E-state index contributed by atoms with van der Waals surface area (Å²) in [4.78, 5) is 0. The highest BCUT2D eigenvalue weighted by Gasteiger charge is 2.09. The number of hydrogen-bond donors (Lipinski definition) is 2. The molecule has 1 unspecified atom stereocenters. The monoisotopic (exact) mass is 352 g/mol. The maximum atomic E-state index is 5.92. The summed E-state index contributed by atoms with van der Waals surface area (Å²) in [6, 6.07) is 15.1. The van der Waals surface area contributed by atoms with Gasteiger partial charge in [-0.15, -0.1) is 0 Å². The highest BCUT2D eigenvalue weighted by molar-refractivity contribution is 5.85. The van der Waals surface area contributed by atoms with Gasteiger partial charge >= 0.3 is 0 Å². The minimum Gasteiger partial charge on any atom is -0.492 e. The SMILES string of the molecule is C=C(c1cccc(OCCNC(C)CCC)c1)c1cc(C)ccc1NC. The molecule has 140 valence electrons. The van der Waals surface area contributed by atoms with Crippen LogP contribution in [0.1, 0.15) is 43.4 Å². The molecule has 0 spiro atoms. The first-order chi connectivity index (χ1) is 12.5. The fourth-order valence-corrected chi connectivity index (χ4v) is 3.06. The van der Waals surface area contributed by atoms with Crippen molar-refractivity contribution in [2.24, 2.45) is 0 Å². The third-order valence-corrected chi connectivity index (χ3v) is 4.54. The third kappa shape index (κ3) is 5.63. The average molecular weight is 353 g/mol. The highest BCUT2D eigenvalue weighted by atomic mass is 16.5. The first-order valence-corrected chi connectivity index (χ1v) is 9.49. The smallest absolute Gasteiger partial charge is 0.119 e. The molecule has 0 radical (unpaired) electrons. The van der Waals surface area contributed by atoms with Crippen LogP contribution >= 0.6 is 0 Å². The van der Waals surface area contributed by atoms with Crippen molar-refractivity contribution in [3.63, 3.8) is 0 Å². The van der Waals surface area contributed by atoms with Crippen LogP contribution in [0, 0.1) is 6.92 Å². The summed E-state index contributed by atoms with van der Waals surface area (Å²) in [5.41, 5.74) is 5.51. The zero-order valence-corrected chi connectivity index (χ0v) is 16.6. The zero-order valence-electron chi connectivity index (χ0n) is 16.6. The maximum Gasteiger partial charge on any atom is 0.119 e. The van der Waals surface area contributed by atoms with Crippen molar-refractivity contribution >= 4 is 11.3 Å². The first-order valence-electron chi connectivity index (χ1n) is 9.49. The second-order valence-electron chi connectivity index (χ2n) is 6.80. The normalized spacial score (nSPS) is 11.8. The first kappa shape index (κ1) is 20.1. The summed E-state index contributed by atoms with van der Waals surface area (Å²) in [5.74, 6) is 0.882. The summed E-state index contributed by atoms with van der Waals surface area (Å²) in [7, 11) is 1.94. The minimum atomic E-state index is 0.538. The van der Waals surface area contributed by atoms with Crippen LogP contribution in [-0.2, 0) is 0 Å². The van der Waals surface area contributed by atoms with E-state index in [9.17, 15) is 0 Å². The molecule has 2 aromatic rings. The van der Waals surface area contributed by atoms with Crippen molar-refractivity contribution in [3.8, 4) is 5.75 Å². The molecular formula is C23H32N2O. The lowest BCUT2D eigenvalue weighted by Crippen LogP contribution is -2.29. The lowest BCUT2D eigenvalue weighted by atomic mass is 9.96. The second kappa shape index (κ2) is 10.0.